The largest absolute Gasteiger partial charge is 0.466 e. The summed E-state index contributed by atoms with van der Waals surface area (Å²) in [6.07, 6.45) is -11.2. The number of benzene rings is 2. The van der Waals surface area contributed by atoms with Gasteiger partial charge in [-0.05, 0) is 49.6 Å². The summed E-state index contributed by atoms with van der Waals surface area (Å²) in [5.41, 5.74) is -5.01. The van der Waals surface area contributed by atoms with Gasteiger partial charge in [-0.1, -0.05) is 30.3 Å². The van der Waals surface area contributed by atoms with Gasteiger partial charge in [0, 0.05) is 17.8 Å². The van der Waals surface area contributed by atoms with E-state index in [0.717, 1.165) is 0 Å². The van der Waals surface area contributed by atoms with E-state index in [1.165, 1.54) is 6.92 Å². The standard InChI is InChI=1S/C27H30F6N2O5/c1-3-39-23(36)9-10-24(35(37)38)11-12-25(34-16-24,20-7-5-4-6-8-20)17-40-18(2)19-13-21(26(28,29)30)15-22(14-19)27(31,32)33/h4-8,13-15,18,34H,3,9-12,16-17H2,1-2H3/t18-,24-,25-/m1/s1. The zero-order valence-corrected chi connectivity index (χ0v) is 21.9. The van der Waals surface area contributed by atoms with E-state index >= 15 is 0 Å². The SMILES string of the molecule is CCOC(=O)CC[C@@]1([N+](=O)[O-])CC[C@@](CO[C@H](C)c2cc(C(F)(F)F)cc(C(F)(F)F)c2)(c2ccccc2)NC1. The molecule has 0 aromatic heterocycles. The number of alkyl halides is 6. The second-order valence-corrected chi connectivity index (χ2v) is 9.88. The van der Waals surface area contributed by atoms with Crippen molar-refractivity contribution in [2.24, 2.45) is 0 Å². The van der Waals surface area contributed by atoms with Crippen molar-refractivity contribution in [3.05, 3.63) is 80.9 Å². The maximum atomic E-state index is 13.4. The van der Waals surface area contributed by atoms with Crippen molar-refractivity contribution >= 4 is 5.97 Å². The van der Waals surface area contributed by atoms with Crippen molar-refractivity contribution in [3.63, 3.8) is 0 Å². The van der Waals surface area contributed by atoms with Crippen LogP contribution in [0.5, 0.6) is 0 Å². The smallest absolute Gasteiger partial charge is 0.416 e. The Bertz CT molecular complexity index is 1150. The van der Waals surface area contributed by atoms with E-state index in [9.17, 15) is 41.3 Å². The number of hydrogen-bond donors (Lipinski definition) is 1. The van der Waals surface area contributed by atoms with Crippen LogP contribution in [-0.2, 0) is 32.2 Å². The second kappa shape index (κ2) is 12.1. The van der Waals surface area contributed by atoms with E-state index in [-0.39, 0.29) is 57.1 Å². The van der Waals surface area contributed by atoms with Crippen LogP contribution in [-0.4, -0.2) is 36.2 Å². The molecular weight excluding hydrogens is 546 g/mol. The first kappa shape index (κ1) is 31.3. The third-order valence-corrected chi connectivity index (χ3v) is 7.25. The lowest BCUT2D eigenvalue weighted by atomic mass is 9.75. The number of carbonyl (C=O) groups is 1. The predicted molar refractivity (Wildman–Crippen MR) is 132 cm³/mol. The number of esters is 1. The number of nitro groups is 1. The summed E-state index contributed by atoms with van der Waals surface area (Å²) in [7, 11) is 0. The van der Waals surface area contributed by atoms with Crippen LogP contribution in [0.4, 0.5) is 26.3 Å². The Morgan fingerprint density at radius 1 is 1.05 bits per heavy atom. The molecule has 0 radical (unpaired) electrons. The maximum absolute atomic E-state index is 13.4. The molecule has 220 valence electrons. The lowest BCUT2D eigenvalue weighted by Gasteiger charge is -2.44. The van der Waals surface area contributed by atoms with Gasteiger partial charge in [0.1, 0.15) is 0 Å². The summed E-state index contributed by atoms with van der Waals surface area (Å²) in [4.78, 5) is 23.5. The molecule has 1 heterocycles. The van der Waals surface area contributed by atoms with Gasteiger partial charge >= 0.3 is 18.3 Å². The molecule has 2 aromatic carbocycles. The van der Waals surface area contributed by atoms with E-state index in [1.54, 1.807) is 37.3 Å². The van der Waals surface area contributed by atoms with Crippen LogP contribution >= 0.6 is 0 Å². The molecule has 0 bridgehead atoms. The molecule has 2 aromatic rings. The number of hydrogen-bond acceptors (Lipinski definition) is 6. The summed E-state index contributed by atoms with van der Waals surface area (Å²) < 4.78 is 90.9. The van der Waals surface area contributed by atoms with Crippen LogP contribution in [0, 0.1) is 10.1 Å². The molecule has 7 nitrogen and oxygen atoms in total. The highest BCUT2D eigenvalue weighted by atomic mass is 19.4. The minimum atomic E-state index is -5.00. The average Bonchev–Trinajstić information content (AvgIpc) is 2.90. The van der Waals surface area contributed by atoms with Gasteiger partial charge in [0.25, 0.3) is 0 Å². The molecule has 0 amide bonds. The minimum Gasteiger partial charge on any atom is -0.466 e. The third-order valence-electron chi connectivity index (χ3n) is 7.25. The lowest BCUT2D eigenvalue weighted by Crippen LogP contribution is -2.61. The fourth-order valence-corrected chi connectivity index (χ4v) is 4.77. The summed E-state index contributed by atoms with van der Waals surface area (Å²) in [6, 6.07) is 10.0. The molecule has 13 heteroatoms. The second-order valence-electron chi connectivity index (χ2n) is 9.88. The molecule has 0 spiro atoms. The van der Waals surface area contributed by atoms with Gasteiger partial charge in [-0.15, -0.1) is 0 Å². The molecule has 1 fully saturated rings. The number of nitrogens with zero attached hydrogens (tertiary/aromatic N) is 1. The number of carbonyl (C=O) groups excluding carboxylic acids is 1. The summed E-state index contributed by atoms with van der Waals surface area (Å²) in [5, 5.41) is 15.2. The maximum Gasteiger partial charge on any atom is 0.416 e. The summed E-state index contributed by atoms with van der Waals surface area (Å²) in [6.45, 7) is 2.78. The molecule has 0 unspecified atom stereocenters. The summed E-state index contributed by atoms with van der Waals surface area (Å²) >= 11 is 0. The zero-order valence-electron chi connectivity index (χ0n) is 21.9. The summed E-state index contributed by atoms with van der Waals surface area (Å²) in [5.74, 6) is -0.555. The minimum absolute atomic E-state index is 0.0425. The first-order chi connectivity index (χ1) is 18.6. The van der Waals surface area contributed by atoms with E-state index in [0.29, 0.717) is 17.7 Å². The van der Waals surface area contributed by atoms with Crippen molar-refractivity contribution in [3.8, 4) is 0 Å². The van der Waals surface area contributed by atoms with Crippen molar-refractivity contribution in [2.45, 2.75) is 69.1 Å². The first-order valence-electron chi connectivity index (χ1n) is 12.6. The molecule has 1 saturated heterocycles. The van der Waals surface area contributed by atoms with Gasteiger partial charge in [-0.3, -0.25) is 20.2 Å². The van der Waals surface area contributed by atoms with Crippen LogP contribution in [0.1, 0.15) is 67.9 Å². The van der Waals surface area contributed by atoms with Gasteiger partial charge in [0.2, 0.25) is 5.54 Å². The van der Waals surface area contributed by atoms with Crippen molar-refractivity contribution in [1.82, 2.24) is 5.32 Å². The van der Waals surface area contributed by atoms with Crippen molar-refractivity contribution in [1.29, 1.82) is 0 Å². The highest BCUT2D eigenvalue weighted by Crippen LogP contribution is 2.41. The topological polar surface area (TPSA) is 90.7 Å². The number of piperidine rings is 1. The van der Waals surface area contributed by atoms with Crippen LogP contribution in [0.3, 0.4) is 0 Å². The van der Waals surface area contributed by atoms with Crippen LogP contribution in [0.15, 0.2) is 48.5 Å². The Labute approximate surface area is 227 Å². The Morgan fingerprint density at radius 2 is 1.65 bits per heavy atom. The van der Waals surface area contributed by atoms with Crippen LogP contribution in [0.25, 0.3) is 0 Å². The highest BCUT2D eigenvalue weighted by molar-refractivity contribution is 5.69. The lowest BCUT2D eigenvalue weighted by molar-refractivity contribution is -0.573. The Balaban J connectivity index is 1.86. The molecule has 40 heavy (non-hydrogen) atoms. The third kappa shape index (κ3) is 7.30. The van der Waals surface area contributed by atoms with Crippen molar-refractivity contribution < 1.29 is 45.5 Å². The Kier molecular flexibility index (Phi) is 9.50. The molecule has 1 aliphatic rings. The van der Waals surface area contributed by atoms with E-state index < -0.39 is 51.6 Å². The average molecular weight is 577 g/mol. The fraction of sp³-hybridized carbons (Fsp3) is 0.519. The Morgan fingerprint density at radius 3 is 2.12 bits per heavy atom. The van der Waals surface area contributed by atoms with E-state index in [4.69, 9.17) is 9.47 Å². The van der Waals surface area contributed by atoms with Gasteiger partial charge in [-0.2, -0.15) is 26.3 Å². The van der Waals surface area contributed by atoms with Crippen LogP contribution < -0.4 is 5.32 Å². The monoisotopic (exact) mass is 576 g/mol. The fourth-order valence-electron chi connectivity index (χ4n) is 4.77. The van der Waals surface area contributed by atoms with Crippen molar-refractivity contribution in [2.75, 3.05) is 19.8 Å². The molecule has 1 N–H and O–H groups in total. The van der Waals surface area contributed by atoms with E-state index in [1.807, 2.05) is 0 Å². The molecular formula is C27H30F6N2O5. The normalized spacial score (nSPS) is 22.5. The van der Waals surface area contributed by atoms with E-state index in [2.05, 4.69) is 5.32 Å². The van der Waals surface area contributed by atoms with Gasteiger partial charge in [0.15, 0.2) is 0 Å². The predicted octanol–water partition coefficient (Wildman–Crippen LogP) is 6.44. The quantitative estimate of drug-likeness (QED) is 0.152. The molecule has 3 rings (SSSR count). The van der Waals surface area contributed by atoms with Gasteiger partial charge < -0.3 is 9.47 Å². The molecule has 0 saturated carbocycles. The van der Waals surface area contributed by atoms with Gasteiger partial charge in [-0.25, -0.2) is 0 Å². The van der Waals surface area contributed by atoms with Gasteiger partial charge in [0.05, 0.1) is 48.9 Å². The number of rotatable bonds is 10. The van der Waals surface area contributed by atoms with Crippen LogP contribution in [0.2, 0.25) is 0 Å². The Hall–Kier alpha value is -3.19. The number of nitrogens with one attached hydrogen (secondary N) is 1. The number of ether oxygens (including phenoxy) is 2. The number of halogens is 6. The molecule has 0 aliphatic carbocycles. The zero-order chi connectivity index (χ0) is 29.8. The highest BCUT2D eigenvalue weighted by Gasteiger charge is 2.51. The first-order valence-corrected chi connectivity index (χ1v) is 12.6. The molecule has 1 aliphatic heterocycles. The molecule has 3 atom stereocenters.